The third kappa shape index (κ3) is 4.82. The van der Waals surface area contributed by atoms with Gasteiger partial charge in [-0.25, -0.2) is 13.4 Å². The van der Waals surface area contributed by atoms with Crippen molar-refractivity contribution in [2.75, 3.05) is 17.3 Å². The van der Waals surface area contributed by atoms with Crippen LogP contribution in [0.4, 0.5) is 0 Å². The zero-order chi connectivity index (χ0) is 20.4. The highest BCUT2D eigenvalue weighted by molar-refractivity contribution is 7.99. The molecule has 1 fully saturated rings. The van der Waals surface area contributed by atoms with Crippen LogP contribution in [-0.4, -0.2) is 52.5 Å². The van der Waals surface area contributed by atoms with E-state index in [0.29, 0.717) is 18.1 Å². The molecule has 152 valence electrons. The Bertz CT molecular complexity index is 1130. The van der Waals surface area contributed by atoms with Crippen LogP contribution in [0.2, 0.25) is 0 Å². The van der Waals surface area contributed by atoms with E-state index in [1.54, 1.807) is 4.90 Å². The second kappa shape index (κ2) is 8.20. The second-order valence-corrected chi connectivity index (χ2v) is 10.6. The lowest BCUT2D eigenvalue weighted by Crippen LogP contribution is -2.41. The van der Waals surface area contributed by atoms with E-state index in [1.807, 2.05) is 55.5 Å². The lowest BCUT2D eigenvalue weighted by Gasteiger charge is -2.28. The van der Waals surface area contributed by atoms with E-state index in [-0.39, 0.29) is 29.2 Å². The fourth-order valence-corrected chi connectivity index (χ4v) is 6.11. The molecule has 6 nitrogen and oxygen atoms in total. The zero-order valence-electron chi connectivity index (χ0n) is 16.2. The highest BCUT2D eigenvalue weighted by atomic mass is 32.2. The summed E-state index contributed by atoms with van der Waals surface area (Å²) in [6.07, 6.45) is 0.496. The van der Waals surface area contributed by atoms with Gasteiger partial charge in [-0.3, -0.25) is 4.79 Å². The van der Waals surface area contributed by atoms with E-state index in [1.165, 1.54) is 11.8 Å². The van der Waals surface area contributed by atoms with Crippen LogP contribution < -0.4 is 0 Å². The van der Waals surface area contributed by atoms with Crippen molar-refractivity contribution in [3.05, 3.63) is 59.7 Å². The Hall–Kier alpha value is -2.32. The Morgan fingerprint density at radius 3 is 2.76 bits per heavy atom. The molecule has 3 aromatic rings. The summed E-state index contributed by atoms with van der Waals surface area (Å²) in [6, 6.07) is 15.4. The van der Waals surface area contributed by atoms with E-state index in [9.17, 15) is 13.2 Å². The summed E-state index contributed by atoms with van der Waals surface area (Å²) in [6.45, 7) is 2.44. The smallest absolute Gasteiger partial charge is 0.233 e. The van der Waals surface area contributed by atoms with Crippen LogP contribution in [0.5, 0.6) is 0 Å². The second-order valence-electron chi connectivity index (χ2n) is 7.42. The van der Waals surface area contributed by atoms with Gasteiger partial charge >= 0.3 is 0 Å². The standard InChI is InChI=1S/C21H23N3O3S2/c1-15-7-8-18-19(11-15)23-21(22-18)28-13-20(25)24(12-16-5-3-2-4-6-16)17-9-10-29(26,27)14-17/h2-8,11,17H,9-10,12-14H2,1H3,(H,22,23). The summed E-state index contributed by atoms with van der Waals surface area (Å²) < 4.78 is 23.9. The summed E-state index contributed by atoms with van der Waals surface area (Å²) in [7, 11) is -3.07. The molecule has 1 aromatic heterocycles. The molecule has 0 radical (unpaired) electrons. The number of benzene rings is 2. The number of imidazole rings is 1. The number of rotatable bonds is 6. The summed E-state index contributed by atoms with van der Waals surface area (Å²) in [5.41, 5.74) is 3.95. The third-order valence-corrected chi connectivity index (χ3v) is 7.72. The molecule has 1 aliphatic rings. The minimum absolute atomic E-state index is 0.0418. The van der Waals surface area contributed by atoms with Crippen molar-refractivity contribution in [3.8, 4) is 0 Å². The van der Waals surface area contributed by atoms with Crippen LogP contribution in [0.3, 0.4) is 0 Å². The number of thioether (sulfide) groups is 1. The minimum atomic E-state index is -3.07. The van der Waals surface area contributed by atoms with Gasteiger partial charge in [-0.05, 0) is 36.6 Å². The van der Waals surface area contributed by atoms with Gasteiger partial charge in [0.1, 0.15) is 0 Å². The van der Waals surface area contributed by atoms with Gasteiger partial charge in [0.25, 0.3) is 0 Å². The number of hydrogen-bond acceptors (Lipinski definition) is 5. The predicted octanol–water partition coefficient (Wildman–Crippen LogP) is 3.18. The molecule has 0 aliphatic carbocycles. The SMILES string of the molecule is Cc1ccc2nc(SCC(=O)N(Cc3ccccc3)C3CCS(=O)(=O)C3)[nH]c2c1. The topological polar surface area (TPSA) is 83.1 Å². The van der Waals surface area contributed by atoms with E-state index < -0.39 is 9.84 Å². The summed E-state index contributed by atoms with van der Waals surface area (Å²) in [4.78, 5) is 22.6. The van der Waals surface area contributed by atoms with Gasteiger partial charge in [-0.1, -0.05) is 48.2 Å². The van der Waals surface area contributed by atoms with Gasteiger partial charge < -0.3 is 9.88 Å². The molecule has 0 spiro atoms. The number of aromatic nitrogens is 2. The minimum Gasteiger partial charge on any atom is -0.334 e. The van der Waals surface area contributed by atoms with Crippen molar-refractivity contribution in [2.24, 2.45) is 0 Å². The fourth-order valence-electron chi connectivity index (χ4n) is 3.60. The van der Waals surface area contributed by atoms with Gasteiger partial charge in [0.2, 0.25) is 5.91 Å². The summed E-state index contributed by atoms with van der Waals surface area (Å²) >= 11 is 1.35. The molecular weight excluding hydrogens is 406 g/mol. The molecule has 1 unspecified atom stereocenters. The van der Waals surface area contributed by atoms with Crippen molar-refractivity contribution in [3.63, 3.8) is 0 Å². The first-order valence-electron chi connectivity index (χ1n) is 9.53. The number of sulfone groups is 1. The highest BCUT2D eigenvalue weighted by Gasteiger charge is 2.34. The highest BCUT2D eigenvalue weighted by Crippen LogP contribution is 2.24. The number of nitrogens with one attached hydrogen (secondary N) is 1. The van der Waals surface area contributed by atoms with E-state index in [2.05, 4.69) is 9.97 Å². The number of carbonyl (C=O) groups excluding carboxylic acids is 1. The third-order valence-electron chi connectivity index (χ3n) is 5.11. The van der Waals surface area contributed by atoms with Crippen LogP contribution >= 0.6 is 11.8 Å². The lowest BCUT2D eigenvalue weighted by molar-refractivity contribution is -0.130. The molecule has 8 heteroatoms. The van der Waals surface area contributed by atoms with Crippen LogP contribution in [0.1, 0.15) is 17.5 Å². The van der Waals surface area contributed by atoms with Crippen LogP contribution in [0.15, 0.2) is 53.7 Å². The number of amides is 1. The average molecular weight is 430 g/mol. The Kier molecular flexibility index (Phi) is 5.65. The molecule has 2 aromatic carbocycles. The number of aromatic amines is 1. The molecule has 4 rings (SSSR count). The van der Waals surface area contributed by atoms with Crippen molar-refractivity contribution in [1.29, 1.82) is 0 Å². The maximum absolute atomic E-state index is 13.1. The summed E-state index contributed by atoms with van der Waals surface area (Å²) in [5, 5.41) is 0.692. The zero-order valence-corrected chi connectivity index (χ0v) is 17.8. The lowest BCUT2D eigenvalue weighted by atomic mass is 10.1. The molecule has 1 N–H and O–H groups in total. The number of carbonyl (C=O) groups is 1. The molecule has 1 saturated heterocycles. The van der Waals surface area contributed by atoms with Crippen LogP contribution in [-0.2, 0) is 21.2 Å². The normalized spacial score (nSPS) is 18.2. The van der Waals surface area contributed by atoms with Crippen molar-refractivity contribution in [2.45, 2.75) is 31.1 Å². The number of fused-ring (bicyclic) bond motifs is 1. The number of aryl methyl sites for hydroxylation is 1. The largest absolute Gasteiger partial charge is 0.334 e. The van der Waals surface area contributed by atoms with E-state index >= 15 is 0 Å². The van der Waals surface area contributed by atoms with Gasteiger partial charge in [0.05, 0.1) is 28.3 Å². The van der Waals surface area contributed by atoms with Crippen molar-refractivity contribution >= 4 is 38.5 Å². The number of hydrogen-bond donors (Lipinski definition) is 1. The van der Waals surface area contributed by atoms with E-state index in [4.69, 9.17) is 0 Å². The van der Waals surface area contributed by atoms with Gasteiger partial charge in [0, 0.05) is 12.6 Å². The Morgan fingerprint density at radius 2 is 2.03 bits per heavy atom. The van der Waals surface area contributed by atoms with Gasteiger partial charge in [-0.15, -0.1) is 0 Å². The molecular formula is C21H23N3O3S2. The first kappa shape index (κ1) is 20.0. The Labute approximate surface area is 174 Å². The fraction of sp³-hybridized carbons (Fsp3) is 0.333. The van der Waals surface area contributed by atoms with Crippen molar-refractivity contribution < 1.29 is 13.2 Å². The molecule has 1 atom stereocenters. The average Bonchev–Trinajstić information content (AvgIpc) is 3.26. The summed E-state index contributed by atoms with van der Waals surface area (Å²) in [5.74, 6) is 0.326. The van der Waals surface area contributed by atoms with Gasteiger partial charge in [-0.2, -0.15) is 0 Å². The molecule has 29 heavy (non-hydrogen) atoms. The monoisotopic (exact) mass is 429 g/mol. The Balaban J connectivity index is 1.49. The number of H-pyrrole nitrogens is 1. The molecule has 2 heterocycles. The molecule has 1 amide bonds. The van der Waals surface area contributed by atoms with E-state index in [0.717, 1.165) is 22.2 Å². The van der Waals surface area contributed by atoms with Crippen molar-refractivity contribution in [1.82, 2.24) is 14.9 Å². The molecule has 1 aliphatic heterocycles. The van der Waals surface area contributed by atoms with Gasteiger partial charge in [0.15, 0.2) is 15.0 Å². The molecule has 0 saturated carbocycles. The molecule has 0 bridgehead atoms. The maximum atomic E-state index is 13.1. The Morgan fingerprint density at radius 1 is 1.24 bits per heavy atom. The maximum Gasteiger partial charge on any atom is 0.233 e. The predicted molar refractivity (Wildman–Crippen MR) is 116 cm³/mol. The first-order valence-corrected chi connectivity index (χ1v) is 12.3. The number of nitrogens with zero attached hydrogens (tertiary/aromatic N) is 2. The first-order chi connectivity index (χ1) is 13.9. The van der Waals surface area contributed by atoms with Crippen LogP contribution in [0, 0.1) is 6.92 Å². The van der Waals surface area contributed by atoms with Crippen LogP contribution in [0.25, 0.3) is 11.0 Å². The quantitative estimate of drug-likeness (QED) is 0.609.